The second-order valence-electron chi connectivity index (χ2n) is 4.05. The van der Waals surface area contributed by atoms with Crippen molar-refractivity contribution in [3.63, 3.8) is 0 Å². The topological polar surface area (TPSA) is 27.3 Å². The largest absolute Gasteiger partial charge is 1.00 e. The van der Waals surface area contributed by atoms with Crippen LogP contribution in [0.15, 0.2) is 18.7 Å². The van der Waals surface area contributed by atoms with Crippen LogP contribution in [-0.2, 0) is 22.6 Å². The summed E-state index contributed by atoms with van der Waals surface area (Å²) < 4.78 is 15.1. The van der Waals surface area contributed by atoms with Crippen LogP contribution in [0.1, 0.15) is 26.7 Å². The number of aromatic nitrogens is 2. The van der Waals surface area contributed by atoms with E-state index in [1.54, 1.807) is 0 Å². The maximum atomic E-state index is 5.47. The minimum atomic E-state index is 0. The van der Waals surface area contributed by atoms with E-state index in [4.69, 9.17) is 9.47 Å². The first-order chi connectivity index (χ1) is 8.36. The van der Waals surface area contributed by atoms with Crippen molar-refractivity contribution in [1.29, 1.82) is 0 Å². The first-order valence-corrected chi connectivity index (χ1v) is 6.57. The SMILES string of the molecule is CCCC[n+]1ccn(CCOCCOCC)c1.[Br-]. The molecule has 0 aliphatic heterocycles. The van der Waals surface area contributed by atoms with E-state index in [2.05, 4.69) is 34.8 Å². The smallest absolute Gasteiger partial charge is 0.243 e. The lowest BCUT2D eigenvalue weighted by Gasteiger charge is -2.02. The quantitative estimate of drug-likeness (QED) is 0.393. The predicted molar refractivity (Wildman–Crippen MR) is 66.8 cm³/mol. The summed E-state index contributed by atoms with van der Waals surface area (Å²) in [6.45, 7) is 9.11. The van der Waals surface area contributed by atoms with Gasteiger partial charge in [0, 0.05) is 6.61 Å². The molecule has 0 aromatic carbocycles. The molecule has 0 fully saturated rings. The highest BCUT2D eigenvalue weighted by molar-refractivity contribution is 4.65. The highest BCUT2D eigenvalue weighted by atomic mass is 79.9. The Bertz CT molecular complexity index is 292. The molecule has 0 spiro atoms. The normalized spacial score (nSPS) is 10.3. The van der Waals surface area contributed by atoms with Gasteiger partial charge in [0.25, 0.3) is 0 Å². The number of hydrogen-bond donors (Lipinski definition) is 0. The van der Waals surface area contributed by atoms with E-state index in [1.807, 2.05) is 6.92 Å². The van der Waals surface area contributed by atoms with Gasteiger partial charge in [0.15, 0.2) is 0 Å². The summed E-state index contributed by atoms with van der Waals surface area (Å²) in [6, 6.07) is 0. The molecule has 0 atom stereocenters. The van der Waals surface area contributed by atoms with Crippen molar-refractivity contribution in [3.05, 3.63) is 18.7 Å². The van der Waals surface area contributed by atoms with Gasteiger partial charge >= 0.3 is 0 Å². The van der Waals surface area contributed by atoms with E-state index in [-0.39, 0.29) is 17.0 Å². The molecule has 1 rings (SSSR count). The van der Waals surface area contributed by atoms with Crippen molar-refractivity contribution in [2.45, 2.75) is 39.8 Å². The lowest BCUT2D eigenvalue weighted by molar-refractivity contribution is -0.696. The molecule has 106 valence electrons. The van der Waals surface area contributed by atoms with Crippen molar-refractivity contribution in [2.75, 3.05) is 26.4 Å². The molecule has 0 amide bonds. The highest BCUT2D eigenvalue weighted by Gasteiger charge is 2.02. The van der Waals surface area contributed by atoms with Crippen molar-refractivity contribution >= 4 is 0 Å². The molecule has 18 heavy (non-hydrogen) atoms. The van der Waals surface area contributed by atoms with Gasteiger partial charge in [0.05, 0.1) is 26.4 Å². The van der Waals surface area contributed by atoms with Crippen LogP contribution in [0, 0.1) is 0 Å². The van der Waals surface area contributed by atoms with Crippen molar-refractivity contribution in [3.8, 4) is 0 Å². The number of nitrogens with zero attached hydrogens (tertiary/aromatic N) is 2. The Balaban J connectivity index is 0.00000289. The van der Waals surface area contributed by atoms with Crippen LogP contribution in [-0.4, -0.2) is 31.0 Å². The minimum Gasteiger partial charge on any atom is -1.00 e. The van der Waals surface area contributed by atoms with Gasteiger partial charge in [-0.2, -0.15) is 0 Å². The van der Waals surface area contributed by atoms with Gasteiger partial charge in [0.1, 0.15) is 18.9 Å². The van der Waals surface area contributed by atoms with Gasteiger partial charge in [-0.25, -0.2) is 9.13 Å². The Morgan fingerprint density at radius 1 is 1.11 bits per heavy atom. The second-order valence-corrected chi connectivity index (χ2v) is 4.05. The molecule has 0 radical (unpaired) electrons. The number of hydrogen-bond acceptors (Lipinski definition) is 2. The number of rotatable bonds is 10. The molecule has 0 saturated carbocycles. The molecule has 1 aromatic rings. The molecular formula is C13H25BrN2O2. The molecule has 0 unspecified atom stereocenters. The van der Waals surface area contributed by atoms with Crippen LogP contribution in [0.3, 0.4) is 0 Å². The molecule has 5 heteroatoms. The molecular weight excluding hydrogens is 296 g/mol. The fourth-order valence-electron chi connectivity index (χ4n) is 1.58. The molecule has 1 heterocycles. The third-order valence-corrected chi connectivity index (χ3v) is 2.59. The first kappa shape index (κ1) is 17.6. The third kappa shape index (κ3) is 7.84. The summed E-state index contributed by atoms with van der Waals surface area (Å²) in [6.07, 6.45) is 8.83. The van der Waals surface area contributed by atoms with Gasteiger partial charge in [0.2, 0.25) is 6.33 Å². The molecule has 0 N–H and O–H groups in total. The average molecular weight is 321 g/mol. The average Bonchev–Trinajstić information content (AvgIpc) is 2.79. The Morgan fingerprint density at radius 2 is 1.89 bits per heavy atom. The van der Waals surface area contributed by atoms with E-state index in [1.165, 1.54) is 12.8 Å². The highest BCUT2D eigenvalue weighted by Crippen LogP contribution is 1.90. The van der Waals surface area contributed by atoms with Gasteiger partial charge in [-0.05, 0) is 13.3 Å². The van der Waals surface area contributed by atoms with Crippen LogP contribution in [0.5, 0.6) is 0 Å². The molecule has 0 aliphatic rings. The summed E-state index contributed by atoms with van der Waals surface area (Å²) in [5.74, 6) is 0. The van der Waals surface area contributed by atoms with Gasteiger partial charge in [-0.3, -0.25) is 0 Å². The summed E-state index contributed by atoms with van der Waals surface area (Å²) in [4.78, 5) is 0. The van der Waals surface area contributed by atoms with Crippen LogP contribution in [0.4, 0.5) is 0 Å². The summed E-state index contributed by atoms with van der Waals surface area (Å²) >= 11 is 0. The Morgan fingerprint density at radius 3 is 2.61 bits per heavy atom. The van der Waals surface area contributed by atoms with E-state index >= 15 is 0 Å². The maximum absolute atomic E-state index is 5.47. The van der Waals surface area contributed by atoms with E-state index in [9.17, 15) is 0 Å². The number of halogens is 1. The zero-order chi connectivity index (χ0) is 12.3. The first-order valence-electron chi connectivity index (χ1n) is 6.57. The van der Waals surface area contributed by atoms with Gasteiger partial charge in [-0.1, -0.05) is 13.3 Å². The lowest BCUT2D eigenvalue weighted by atomic mass is 10.3. The molecule has 4 nitrogen and oxygen atoms in total. The van der Waals surface area contributed by atoms with Crippen LogP contribution < -0.4 is 21.5 Å². The summed E-state index contributed by atoms with van der Waals surface area (Å²) in [5.41, 5.74) is 0. The predicted octanol–water partition coefficient (Wildman–Crippen LogP) is -1.37. The van der Waals surface area contributed by atoms with Crippen molar-refractivity contribution in [2.24, 2.45) is 0 Å². The van der Waals surface area contributed by atoms with E-state index in [0.717, 1.165) is 26.3 Å². The molecule has 0 bridgehead atoms. The van der Waals surface area contributed by atoms with Crippen molar-refractivity contribution < 1.29 is 31.0 Å². The maximum Gasteiger partial charge on any atom is 0.243 e. The minimum absolute atomic E-state index is 0. The number of unbranched alkanes of at least 4 members (excludes halogenated alkanes) is 1. The van der Waals surface area contributed by atoms with E-state index < -0.39 is 0 Å². The van der Waals surface area contributed by atoms with Gasteiger partial charge < -0.3 is 26.5 Å². The second kappa shape index (κ2) is 11.7. The zero-order valence-electron chi connectivity index (χ0n) is 11.5. The van der Waals surface area contributed by atoms with E-state index in [0.29, 0.717) is 13.2 Å². The molecule has 0 aliphatic carbocycles. The fourth-order valence-corrected chi connectivity index (χ4v) is 1.58. The van der Waals surface area contributed by atoms with Crippen molar-refractivity contribution in [1.82, 2.24) is 4.57 Å². The summed E-state index contributed by atoms with van der Waals surface area (Å²) in [7, 11) is 0. The Labute approximate surface area is 121 Å². The number of imidazole rings is 1. The molecule has 0 saturated heterocycles. The Kier molecular flexibility index (Phi) is 11.4. The van der Waals surface area contributed by atoms with Crippen LogP contribution in [0.2, 0.25) is 0 Å². The fraction of sp³-hybridized carbons (Fsp3) is 0.769. The van der Waals surface area contributed by atoms with Crippen LogP contribution in [0.25, 0.3) is 0 Å². The summed E-state index contributed by atoms with van der Waals surface area (Å²) in [5, 5.41) is 0. The zero-order valence-corrected chi connectivity index (χ0v) is 13.1. The monoisotopic (exact) mass is 320 g/mol. The number of aryl methyl sites for hydroxylation is 1. The standard InChI is InChI=1S/C13H25N2O2.BrH/c1-3-5-6-14-7-8-15(13-14)9-10-17-12-11-16-4-2;/h7-8,13H,3-6,9-12H2,1-2H3;1H/q+1;/p-1. The van der Waals surface area contributed by atoms with Crippen LogP contribution >= 0.6 is 0 Å². The Hall–Kier alpha value is -0.390. The van der Waals surface area contributed by atoms with Gasteiger partial charge in [-0.15, -0.1) is 0 Å². The lowest BCUT2D eigenvalue weighted by Crippen LogP contribution is -3.00. The molecule has 1 aromatic heterocycles. The number of ether oxygens (including phenoxy) is 2. The third-order valence-electron chi connectivity index (χ3n) is 2.59.